The monoisotopic (exact) mass is 466 g/mol. The Kier molecular flexibility index (Phi) is 7.50. The predicted molar refractivity (Wildman–Crippen MR) is 110 cm³/mol. The third kappa shape index (κ3) is 5.76. The summed E-state index contributed by atoms with van der Waals surface area (Å²) >= 11 is 2.17. The molecule has 4 nitrogen and oxygen atoms in total. The molecule has 0 aliphatic heterocycles. The minimum Gasteiger partial charge on any atom is -0.502 e. The molecule has 0 aliphatic carbocycles. The normalized spacial score (nSPS) is 10.9. The fourth-order valence-corrected chi connectivity index (χ4v) is 2.87. The van der Waals surface area contributed by atoms with Crippen molar-refractivity contribution in [3.05, 3.63) is 76.1 Å². The summed E-state index contributed by atoms with van der Waals surface area (Å²) in [5.41, 5.74) is 0.614. The Bertz CT molecular complexity index is 741. The van der Waals surface area contributed by atoms with Gasteiger partial charge in [0.05, 0.1) is 19.5 Å². The highest BCUT2D eigenvalue weighted by Gasteiger charge is 2.27. The number of ether oxygens (including phenoxy) is 3. The van der Waals surface area contributed by atoms with Crippen LogP contribution in [0.1, 0.15) is 36.2 Å². The van der Waals surface area contributed by atoms with Gasteiger partial charge in [-0.25, -0.2) is 4.79 Å². The lowest BCUT2D eigenvalue weighted by molar-refractivity contribution is -0.00349. The Morgan fingerprint density at radius 1 is 1.15 bits per heavy atom. The Morgan fingerprint density at radius 3 is 2.58 bits per heavy atom. The number of hydrogen-bond acceptors (Lipinski definition) is 4. The van der Waals surface area contributed by atoms with Crippen LogP contribution in [0.4, 0.5) is 0 Å². The summed E-state index contributed by atoms with van der Waals surface area (Å²) in [6.07, 6.45) is 2.10. The molecule has 0 amide bonds. The second-order valence-corrected chi connectivity index (χ2v) is 7.39. The van der Waals surface area contributed by atoms with Crippen LogP contribution in [0.5, 0.6) is 5.75 Å². The molecule has 0 aromatic heterocycles. The molecule has 0 saturated carbocycles. The van der Waals surface area contributed by atoms with Gasteiger partial charge in [0.2, 0.25) is 0 Å². The van der Waals surface area contributed by atoms with Crippen LogP contribution in [0.2, 0.25) is 0 Å². The fourth-order valence-electron chi connectivity index (χ4n) is 2.38. The number of halogens is 1. The van der Waals surface area contributed by atoms with Gasteiger partial charge in [0.25, 0.3) is 0 Å². The van der Waals surface area contributed by atoms with E-state index in [0.29, 0.717) is 30.9 Å². The van der Waals surface area contributed by atoms with Crippen molar-refractivity contribution in [2.24, 2.45) is 0 Å². The van der Waals surface area contributed by atoms with E-state index < -0.39 is 11.6 Å². The third-order valence-electron chi connectivity index (χ3n) is 3.76. The molecule has 0 saturated heterocycles. The van der Waals surface area contributed by atoms with Gasteiger partial charge in [0.15, 0.2) is 0 Å². The van der Waals surface area contributed by atoms with Crippen LogP contribution in [0.25, 0.3) is 0 Å². The van der Waals surface area contributed by atoms with Crippen LogP contribution in [0.15, 0.2) is 61.4 Å². The molecule has 5 heteroatoms. The van der Waals surface area contributed by atoms with Gasteiger partial charge in [0.1, 0.15) is 16.9 Å². The lowest BCUT2D eigenvalue weighted by Gasteiger charge is -2.26. The van der Waals surface area contributed by atoms with E-state index in [4.69, 9.17) is 14.2 Å². The smallest absolute Gasteiger partial charge is 0.342 e. The number of esters is 1. The molecule has 0 radical (unpaired) electrons. The zero-order valence-electron chi connectivity index (χ0n) is 15.0. The van der Waals surface area contributed by atoms with Crippen molar-refractivity contribution in [3.63, 3.8) is 0 Å². The Morgan fingerprint density at radius 2 is 1.88 bits per heavy atom. The van der Waals surface area contributed by atoms with E-state index in [2.05, 4.69) is 29.2 Å². The van der Waals surface area contributed by atoms with Crippen LogP contribution >= 0.6 is 22.6 Å². The molecule has 26 heavy (non-hydrogen) atoms. The molecule has 0 heterocycles. The first-order valence-corrected chi connectivity index (χ1v) is 9.45. The summed E-state index contributed by atoms with van der Waals surface area (Å²) < 4.78 is 17.6. The van der Waals surface area contributed by atoms with Gasteiger partial charge in [-0.15, -0.1) is 0 Å². The lowest BCUT2D eigenvalue weighted by atomic mass is 9.98. The highest BCUT2D eigenvalue weighted by molar-refractivity contribution is 14.1. The van der Waals surface area contributed by atoms with Gasteiger partial charge >= 0.3 is 5.97 Å². The number of carbonyl (C=O) groups excluding carboxylic acids is 1. The van der Waals surface area contributed by atoms with E-state index in [1.54, 1.807) is 12.1 Å². The van der Waals surface area contributed by atoms with Crippen molar-refractivity contribution >= 4 is 28.6 Å². The third-order valence-corrected chi connectivity index (χ3v) is 4.43. The van der Waals surface area contributed by atoms with Crippen LogP contribution in [-0.4, -0.2) is 19.2 Å². The molecule has 0 aliphatic rings. The molecule has 0 bridgehead atoms. The van der Waals surface area contributed by atoms with Gasteiger partial charge in [-0.1, -0.05) is 36.9 Å². The Labute approximate surface area is 168 Å². The van der Waals surface area contributed by atoms with Gasteiger partial charge < -0.3 is 14.2 Å². The van der Waals surface area contributed by atoms with Gasteiger partial charge in [-0.2, -0.15) is 0 Å². The van der Waals surface area contributed by atoms with Crippen LogP contribution in [0.3, 0.4) is 0 Å². The minimum atomic E-state index is -0.741. The van der Waals surface area contributed by atoms with E-state index in [9.17, 15) is 4.79 Å². The van der Waals surface area contributed by atoms with E-state index in [0.717, 1.165) is 9.13 Å². The number of carbonyl (C=O) groups is 1. The SMILES string of the molecule is C=COCCCOc1ccc(I)cc1C(=O)OC(C)(C)c1ccccc1. The Balaban J connectivity index is 2.12. The second kappa shape index (κ2) is 9.62. The summed E-state index contributed by atoms with van der Waals surface area (Å²) in [6.45, 7) is 8.21. The summed E-state index contributed by atoms with van der Waals surface area (Å²) in [4.78, 5) is 12.8. The topological polar surface area (TPSA) is 44.8 Å². The molecule has 0 atom stereocenters. The van der Waals surface area contributed by atoms with Crippen LogP contribution in [0, 0.1) is 3.57 Å². The fraction of sp³-hybridized carbons (Fsp3) is 0.286. The predicted octanol–water partition coefficient (Wildman–Crippen LogP) is 5.31. The molecule has 0 spiro atoms. The standard InChI is InChI=1S/C21H23IO4/c1-4-24-13-8-14-25-19-12-11-17(22)15-18(19)20(23)26-21(2,3)16-9-6-5-7-10-16/h4-7,9-12,15H,1,8,13-14H2,2-3H3. The Hall–Kier alpha value is -2.02. The van der Waals surface area contributed by atoms with Crippen LogP contribution in [-0.2, 0) is 15.1 Å². The molecule has 0 unspecified atom stereocenters. The largest absolute Gasteiger partial charge is 0.502 e. The molecule has 0 fully saturated rings. The first kappa shape index (κ1) is 20.3. The molecule has 2 aromatic carbocycles. The molecular formula is C21H23IO4. The lowest BCUT2D eigenvalue weighted by Crippen LogP contribution is -2.26. The first-order chi connectivity index (χ1) is 12.4. The molecule has 2 rings (SSSR count). The number of hydrogen-bond donors (Lipinski definition) is 0. The molecule has 0 N–H and O–H groups in total. The van der Waals surface area contributed by atoms with Gasteiger partial charge in [0, 0.05) is 9.99 Å². The number of benzene rings is 2. The van der Waals surface area contributed by atoms with E-state index in [1.807, 2.05) is 50.2 Å². The summed E-state index contributed by atoms with van der Waals surface area (Å²) in [6, 6.07) is 15.1. The van der Waals surface area contributed by atoms with Crippen molar-refractivity contribution in [2.45, 2.75) is 25.9 Å². The highest BCUT2D eigenvalue weighted by atomic mass is 127. The van der Waals surface area contributed by atoms with E-state index in [1.165, 1.54) is 6.26 Å². The average molecular weight is 466 g/mol. The zero-order chi connectivity index (χ0) is 19.0. The van der Waals surface area contributed by atoms with Crippen molar-refractivity contribution in [3.8, 4) is 5.75 Å². The quantitative estimate of drug-likeness (QED) is 0.218. The van der Waals surface area contributed by atoms with Gasteiger partial charge in [-0.05, 0) is 60.2 Å². The van der Waals surface area contributed by atoms with Gasteiger partial charge in [-0.3, -0.25) is 0 Å². The van der Waals surface area contributed by atoms with E-state index in [-0.39, 0.29) is 0 Å². The van der Waals surface area contributed by atoms with Crippen molar-refractivity contribution in [1.29, 1.82) is 0 Å². The molecule has 138 valence electrons. The maximum absolute atomic E-state index is 12.8. The van der Waals surface area contributed by atoms with Crippen LogP contribution < -0.4 is 4.74 Å². The maximum atomic E-state index is 12.8. The van der Waals surface area contributed by atoms with Crippen molar-refractivity contribution in [1.82, 2.24) is 0 Å². The second-order valence-electron chi connectivity index (χ2n) is 6.15. The zero-order valence-corrected chi connectivity index (χ0v) is 17.2. The average Bonchev–Trinajstić information content (AvgIpc) is 2.63. The maximum Gasteiger partial charge on any atom is 0.342 e. The highest BCUT2D eigenvalue weighted by Crippen LogP contribution is 2.29. The molecular weight excluding hydrogens is 443 g/mol. The summed E-state index contributed by atoms with van der Waals surface area (Å²) in [5, 5.41) is 0. The molecule has 2 aromatic rings. The van der Waals surface area contributed by atoms with E-state index >= 15 is 0 Å². The number of rotatable bonds is 9. The van der Waals surface area contributed by atoms with Crippen molar-refractivity contribution < 1.29 is 19.0 Å². The summed E-state index contributed by atoms with van der Waals surface area (Å²) in [5.74, 6) is 0.104. The van der Waals surface area contributed by atoms with Crippen molar-refractivity contribution in [2.75, 3.05) is 13.2 Å². The minimum absolute atomic E-state index is 0.408. The summed E-state index contributed by atoms with van der Waals surface area (Å²) in [7, 11) is 0. The first-order valence-electron chi connectivity index (χ1n) is 8.38.